The molecule has 0 spiro atoms. The number of rotatable bonds is 8. The SMILES string of the molecule is CCC(NC)NC(CC)NCC1CCCCCCC1. The second-order valence-electron chi connectivity index (χ2n) is 6.00. The highest BCUT2D eigenvalue weighted by Gasteiger charge is 2.15. The molecule has 0 aromatic heterocycles. The van der Waals surface area contributed by atoms with Crippen LogP contribution in [0, 0.1) is 5.92 Å². The lowest BCUT2D eigenvalue weighted by atomic mass is 9.91. The monoisotopic (exact) mass is 269 g/mol. The third kappa shape index (κ3) is 7.28. The van der Waals surface area contributed by atoms with Crippen molar-refractivity contribution in [2.75, 3.05) is 13.6 Å². The first-order valence-corrected chi connectivity index (χ1v) is 8.46. The predicted molar refractivity (Wildman–Crippen MR) is 84.2 cm³/mol. The Labute approximate surface area is 120 Å². The van der Waals surface area contributed by atoms with Gasteiger partial charge < -0.3 is 10.6 Å². The standard InChI is InChI=1S/C16H35N3/c1-4-15(17-3)19-16(5-2)18-13-14-11-9-7-6-8-10-12-14/h14-19H,4-13H2,1-3H3. The maximum Gasteiger partial charge on any atom is 0.0581 e. The molecule has 19 heavy (non-hydrogen) atoms. The van der Waals surface area contributed by atoms with E-state index in [0.29, 0.717) is 12.3 Å². The number of nitrogens with one attached hydrogen (secondary N) is 3. The van der Waals surface area contributed by atoms with Gasteiger partial charge in [0.2, 0.25) is 0 Å². The minimum absolute atomic E-state index is 0.426. The van der Waals surface area contributed by atoms with Crippen LogP contribution in [0.4, 0.5) is 0 Å². The summed E-state index contributed by atoms with van der Waals surface area (Å²) < 4.78 is 0. The molecule has 3 nitrogen and oxygen atoms in total. The van der Waals surface area contributed by atoms with Crippen molar-refractivity contribution in [3.05, 3.63) is 0 Å². The molecule has 1 rings (SSSR count). The average Bonchev–Trinajstić information content (AvgIpc) is 2.41. The molecular formula is C16H35N3. The van der Waals surface area contributed by atoms with Crippen molar-refractivity contribution < 1.29 is 0 Å². The van der Waals surface area contributed by atoms with Crippen molar-refractivity contribution in [3.63, 3.8) is 0 Å². The quantitative estimate of drug-likeness (QED) is 0.592. The van der Waals surface area contributed by atoms with Gasteiger partial charge in [-0.05, 0) is 45.2 Å². The van der Waals surface area contributed by atoms with Gasteiger partial charge in [-0.25, -0.2) is 0 Å². The third-order valence-electron chi connectivity index (χ3n) is 4.44. The summed E-state index contributed by atoms with van der Waals surface area (Å²) in [6.07, 6.45) is 13.2. The van der Waals surface area contributed by atoms with Gasteiger partial charge in [-0.1, -0.05) is 46.0 Å². The van der Waals surface area contributed by atoms with Gasteiger partial charge in [-0.2, -0.15) is 0 Å². The molecule has 2 atom stereocenters. The molecule has 0 radical (unpaired) electrons. The molecule has 1 fully saturated rings. The van der Waals surface area contributed by atoms with Gasteiger partial charge in [0.25, 0.3) is 0 Å². The summed E-state index contributed by atoms with van der Waals surface area (Å²) in [6, 6.07) is 0. The molecule has 0 aromatic rings. The molecule has 1 aliphatic rings. The lowest BCUT2D eigenvalue weighted by molar-refractivity contribution is 0.291. The molecule has 3 N–H and O–H groups in total. The first kappa shape index (κ1) is 16.9. The Kier molecular flexibility index (Phi) is 9.48. The fourth-order valence-corrected chi connectivity index (χ4v) is 3.02. The summed E-state index contributed by atoms with van der Waals surface area (Å²) in [4.78, 5) is 0. The Bertz CT molecular complexity index is 196. The van der Waals surface area contributed by atoms with Gasteiger partial charge in [0.05, 0.1) is 12.3 Å². The zero-order valence-electron chi connectivity index (χ0n) is 13.3. The van der Waals surface area contributed by atoms with Gasteiger partial charge in [-0.3, -0.25) is 5.32 Å². The summed E-state index contributed by atoms with van der Waals surface area (Å²) in [5.41, 5.74) is 0. The van der Waals surface area contributed by atoms with E-state index in [1.807, 2.05) is 7.05 Å². The maximum absolute atomic E-state index is 3.74. The van der Waals surface area contributed by atoms with Crippen LogP contribution >= 0.6 is 0 Å². The van der Waals surface area contributed by atoms with Gasteiger partial charge in [0.15, 0.2) is 0 Å². The van der Waals surface area contributed by atoms with E-state index in [9.17, 15) is 0 Å². The summed E-state index contributed by atoms with van der Waals surface area (Å²) >= 11 is 0. The van der Waals surface area contributed by atoms with Crippen LogP contribution in [0.1, 0.15) is 71.6 Å². The Morgan fingerprint density at radius 3 is 2.00 bits per heavy atom. The van der Waals surface area contributed by atoms with E-state index in [1.165, 1.54) is 51.5 Å². The third-order valence-corrected chi connectivity index (χ3v) is 4.44. The molecule has 0 heterocycles. The topological polar surface area (TPSA) is 36.1 Å². The molecule has 2 unspecified atom stereocenters. The molecule has 114 valence electrons. The van der Waals surface area contributed by atoms with Crippen molar-refractivity contribution >= 4 is 0 Å². The summed E-state index contributed by atoms with van der Waals surface area (Å²) in [5, 5.41) is 10.7. The fourth-order valence-electron chi connectivity index (χ4n) is 3.02. The highest BCUT2D eigenvalue weighted by Crippen LogP contribution is 2.21. The first-order valence-electron chi connectivity index (χ1n) is 8.46. The second kappa shape index (κ2) is 10.6. The molecule has 1 aliphatic carbocycles. The second-order valence-corrected chi connectivity index (χ2v) is 6.00. The summed E-state index contributed by atoms with van der Waals surface area (Å²) in [7, 11) is 2.03. The predicted octanol–water partition coefficient (Wildman–Crippen LogP) is 3.22. The van der Waals surface area contributed by atoms with Crippen LogP contribution in [0.15, 0.2) is 0 Å². The van der Waals surface area contributed by atoms with E-state index >= 15 is 0 Å². The van der Waals surface area contributed by atoms with Crippen LogP contribution < -0.4 is 16.0 Å². The van der Waals surface area contributed by atoms with Crippen molar-refractivity contribution in [1.29, 1.82) is 0 Å². The molecule has 0 aliphatic heterocycles. The minimum atomic E-state index is 0.426. The van der Waals surface area contributed by atoms with Crippen LogP contribution in [0.5, 0.6) is 0 Å². The Morgan fingerprint density at radius 2 is 1.47 bits per heavy atom. The Balaban J connectivity index is 2.26. The Hall–Kier alpha value is -0.120. The molecule has 0 amide bonds. The van der Waals surface area contributed by atoms with E-state index in [0.717, 1.165) is 18.8 Å². The molecule has 3 heteroatoms. The largest absolute Gasteiger partial charge is 0.305 e. The van der Waals surface area contributed by atoms with Crippen LogP contribution in [0.2, 0.25) is 0 Å². The van der Waals surface area contributed by atoms with Gasteiger partial charge in [0, 0.05) is 0 Å². The van der Waals surface area contributed by atoms with E-state index in [1.54, 1.807) is 0 Å². The van der Waals surface area contributed by atoms with E-state index in [-0.39, 0.29) is 0 Å². The average molecular weight is 269 g/mol. The zero-order chi connectivity index (χ0) is 13.9. The number of hydrogen-bond donors (Lipinski definition) is 3. The van der Waals surface area contributed by atoms with Gasteiger partial charge in [-0.15, -0.1) is 0 Å². The van der Waals surface area contributed by atoms with Crippen LogP contribution in [0.25, 0.3) is 0 Å². The van der Waals surface area contributed by atoms with Gasteiger partial charge in [0.1, 0.15) is 0 Å². The lowest BCUT2D eigenvalue weighted by Crippen LogP contribution is -2.52. The van der Waals surface area contributed by atoms with Crippen LogP contribution in [0.3, 0.4) is 0 Å². The van der Waals surface area contributed by atoms with Gasteiger partial charge >= 0.3 is 0 Å². The van der Waals surface area contributed by atoms with Crippen molar-refractivity contribution in [2.45, 2.75) is 84.0 Å². The minimum Gasteiger partial charge on any atom is -0.305 e. The van der Waals surface area contributed by atoms with Crippen LogP contribution in [-0.2, 0) is 0 Å². The van der Waals surface area contributed by atoms with Crippen molar-refractivity contribution in [3.8, 4) is 0 Å². The lowest BCUT2D eigenvalue weighted by Gasteiger charge is -2.27. The highest BCUT2D eigenvalue weighted by atomic mass is 15.2. The maximum atomic E-state index is 3.74. The molecule has 0 aromatic carbocycles. The summed E-state index contributed by atoms with van der Waals surface area (Å²) in [5.74, 6) is 0.894. The van der Waals surface area contributed by atoms with E-state index in [4.69, 9.17) is 0 Å². The molecule has 0 saturated heterocycles. The fraction of sp³-hybridized carbons (Fsp3) is 1.00. The molecular weight excluding hydrogens is 234 g/mol. The first-order chi connectivity index (χ1) is 9.30. The van der Waals surface area contributed by atoms with E-state index < -0.39 is 0 Å². The number of hydrogen-bond acceptors (Lipinski definition) is 3. The van der Waals surface area contributed by atoms with Crippen LogP contribution in [-0.4, -0.2) is 25.9 Å². The smallest absolute Gasteiger partial charge is 0.0581 e. The summed E-state index contributed by atoms with van der Waals surface area (Å²) in [6.45, 7) is 5.66. The zero-order valence-corrected chi connectivity index (χ0v) is 13.3. The van der Waals surface area contributed by atoms with E-state index in [2.05, 4.69) is 29.8 Å². The molecule has 0 bridgehead atoms. The molecule has 1 saturated carbocycles. The Morgan fingerprint density at radius 1 is 0.895 bits per heavy atom. The highest BCUT2D eigenvalue weighted by molar-refractivity contribution is 4.72. The van der Waals surface area contributed by atoms with Crippen molar-refractivity contribution in [2.24, 2.45) is 5.92 Å². The normalized spacial score (nSPS) is 21.6. The van der Waals surface area contributed by atoms with Crippen molar-refractivity contribution in [1.82, 2.24) is 16.0 Å².